The molecule has 136 valence electrons. The SMILES string of the molecule is Cl.O=CN(c1ccc(Cl)cc1)c1cccnc1Nc1ccc2cn[nH]c2c1. The van der Waals surface area contributed by atoms with Crippen molar-refractivity contribution < 1.29 is 4.79 Å². The number of anilines is 4. The zero-order valence-corrected chi connectivity index (χ0v) is 15.5. The molecule has 0 aliphatic carbocycles. The van der Waals surface area contributed by atoms with Crippen LogP contribution in [0.3, 0.4) is 0 Å². The third-order valence-electron chi connectivity index (χ3n) is 3.96. The largest absolute Gasteiger partial charge is 0.338 e. The van der Waals surface area contributed by atoms with Gasteiger partial charge in [0.15, 0.2) is 5.82 Å². The molecule has 0 unspecified atom stereocenters. The molecular formula is C19H15Cl2N5O. The lowest BCUT2D eigenvalue weighted by Gasteiger charge is -2.20. The maximum absolute atomic E-state index is 11.8. The summed E-state index contributed by atoms with van der Waals surface area (Å²) in [5, 5.41) is 11.9. The van der Waals surface area contributed by atoms with Gasteiger partial charge in [0.2, 0.25) is 6.41 Å². The monoisotopic (exact) mass is 399 g/mol. The number of pyridine rings is 1. The van der Waals surface area contributed by atoms with Crippen LogP contribution in [0.5, 0.6) is 0 Å². The van der Waals surface area contributed by atoms with Crippen LogP contribution in [0.25, 0.3) is 10.9 Å². The van der Waals surface area contributed by atoms with Gasteiger partial charge in [-0.2, -0.15) is 5.10 Å². The lowest BCUT2D eigenvalue weighted by Crippen LogP contribution is -2.16. The minimum Gasteiger partial charge on any atom is -0.338 e. The molecular weight excluding hydrogens is 385 g/mol. The maximum atomic E-state index is 11.8. The smallest absolute Gasteiger partial charge is 0.218 e. The minimum atomic E-state index is 0. The van der Waals surface area contributed by atoms with Gasteiger partial charge < -0.3 is 5.32 Å². The number of hydrogen-bond acceptors (Lipinski definition) is 4. The van der Waals surface area contributed by atoms with Gasteiger partial charge in [0.25, 0.3) is 0 Å². The first-order chi connectivity index (χ1) is 12.7. The molecule has 2 aromatic carbocycles. The van der Waals surface area contributed by atoms with Crippen molar-refractivity contribution in [1.82, 2.24) is 15.2 Å². The van der Waals surface area contributed by atoms with Gasteiger partial charge in [-0.1, -0.05) is 11.6 Å². The van der Waals surface area contributed by atoms with Gasteiger partial charge in [-0.15, -0.1) is 12.4 Å². The molecule has 2 N–H and O–H groups in total. The zero-order chi connectivity index (χ0) is 17.9. The van der Waals surface area contributed by atoms with Gasteiger partial charge >= 0.3 is 0 Å². The van der Waals surface area contributed by atoms with Crippen molar-refractivity contribution in [3.8, 4) is 0 Å². The van der Waals surface area contributed by atoms with Crippen LogP contribution in [0, 0.1) is 0 Å². The summed E-state index contributed by atoms with van der Waals surface area (Å²) in [6.45, 7) is 0. The van der Waals surface area contributed by atoms with Crippen molar-refractivity contribution in [3.63, 3.8) is 0 Å². The zero-order valence-electron chi connectivity index (χ0n) is 14.0. The predicted molar refractivity (Wildman–Crippen MR) is 111 cm³/mol. The van der Waals surface area contributed by atoms with Crippen molar-refractivity contribution in [2.24, 2.45) is 0 Å². The lowest BCUT2D eigenvalue weighted by molar-refractivity contribution is -0.106. The predicted octanol–water partition coefficient (Wildman–Crippen LogP) is 5.07. The van der Waals surface area contributed by atoms with E-state index in [1.807, 2.05) is 24.3 Å². The number of fused-ring (bicyclic) bond motifs is 1. The highest BCUT2D eigenvalue weighted by atomic mass is 35.5. The van der Waals surface area contributed by atoms with Crippen molar-refractivity contribution in [1.29, 1.82) is 0 Å². The fraction of sp³-hybridized carbons (Fsp3) is 0. The lowest BCUT2D eigenvalue weighted by atomic mass is 10.2. The van der Waals surface area contributed by atoms with Gasteiger partial charge in [0.05, 0.1) is 17.4 Å². The quantitative estimate of drug-likeness (QED) is 0.459. The molecule has 4 rings (SSSR count). The molecule has 2 aromatic heterocycles. The minimum absolute atomic E-state index is 0. The first kappa shape index (κ1) is 18.7. The number of amides is 1. The van der Waals surface area contributed by atoms with E-state index in [0.29, 0.717) is 22.2 Å². The van der Waals surface area contributed by atoms with E-state index in [0.717, 1.165) is 23.0 Å². The van der Waals surface area contributed by atoms with Gasteiger partial charge in [-0.05, 0) is 54.6 Å². The summed E-state index contributed by atoms with van der Waals surface area (Å²) in [5.41, 5.74) is 3.08. The summed E-state index contributed by atoms with van der Waals surface area (Å²) < 4.78 is 0. The molecule has 0 bridgehead atoms. The van der Waals surface area contributed by atoms with Crippen LogP contribution in [0.15, 0.2) is 67.0 Å². The number of hydrogen-bond donors (Lipinski definition) is 2. The Balaban J connectivity index is 0.00000210. The molecule has 6 nitrogen and oxygen atoms in total. The average molecular weight is 400 g/mol. The number of carbonyl (C=O) groups is 1. The molecule has 0 saturated heterocycles. The maximum Gasteiger partial charge on any atom is 0.218 e. The number of nitrogens with zero attached hydrogens (tertiary/aromatic N) is 3. The molecule has 0 spiro atoms. The van der Waals surface area contributed by atoms with Gasteiger partial charge in [0.1, 0.15) is 0 Å². The second kappa shape index (κ2) is 8.07. The molecule has 0 fully saturated rings. The van der Waals surface area contributed by atoms with Crippen LogP contribution in [0.1, 0.15) is 0 Å². The molecule has 1 amide bonds. The number of aromatic amines is 1. The highest BCUT2D eigenvalue weighted by molar-refractivity contribution is 6.30. The molecule has 0 aliphatic rings. The van der Waals surface area contributed by atoms with Crippen molar-refractivity contribution in [3.05, 3.63) is 72.0 Å². The third-order valence-corrected chi connectivity index (χ3v) is 4.21. The number of nitrogens with one attached hydrogen (secondary N) is 2. The topological polar surface area (TPSA) is 73.9 Å². The summed E-state index contributed by atoms with van der Waals surface area (Å²) in [6, 6.07) is 16.5. The Kier molecular flexibility index (Phi) is 5.59. The van der Waals surface area contributed by atoms with E-state index < -0.39 is 0 Å². The molecule has 0 saturated carbocycles. The Bertz CT molecular complexity index is 1070. The number of H-pyrrole nitrogens is 1. The van der Waals surface area contributed by atoms with E-state index in [9.17, 15) is 4.79 Å². The van der Waals surface area contributed by atoms with Crippen molar-refractivity contribution in [2.75, 3.05) is 10.2 Å². The second-order valence-electron chi connectivity index (χ2n) is 5.62. The molecule has 0 aliphatic heterocycles. The second-order valence-corrected chi connectivity index (χ2v) is 6.06. The van der Waals surface area contributed by atoms with E-state index in [1.54, 1.807) is 42.7 Å². The normalized spacial score (nSPS) is 10.3. The molecule has 2 heterocycles. The third kappa shape index (κ3) is 3.86. The summed E-state index contributed by atoms with van der Waals surface area (Å²) in [4.78, 5) is 17.7. The highest BCUT2D eigenvalue weighted by Crippen LogP contribution is 2.32. The number of aromatic nitrogens is 3. The Hall–Kier alpha value is -3.09. The Morgan fingerprint density at radius 2 is 1.93 bits per heavy atom. The number of carbonyl (C=O) groups excluding carboxylic acids is 1. The van der Waals surface area contributed by atoms with Crippen LogP contribution in [0.2, 0.25) is 5.02 Å². The van der Waals surface area contributed by atoms with Crippen LogP contribution in [-0.4, -0.2) is 21.6 Å². The van der Waals surface area contributed by atoms with E-state index in [1.165, 1.54) is 4.90 Å². The molecule has 0 radical (unpaired) electrons. The fourth-order valence-electron chi connectivity index (χ4n) is 2.70. The van der Waals surface area contributed by atoms with Gasteiger partial charge in [0, 0.05) is 28.0 Å². The first-order valence-electron chi connectivity index (χ1n) is 7.90. The summed E-state index contributed by atoms with van der Waals surface area (Å²) in [7, 11) is 0. The molecule has 27 heavy (non-hydrogen) atoms. The van der Waals surface area contributed by atoms with Crippen LogP contribution in [-0.2, 0) is 4.79 Å². The van der Waals surface area contributed by atoms with Crippen LogP contribution >= 0.6 is 24.0 Å². The summed E-state index contributed by atoms with van der Waals surface area (Å²) >= 11 is 5.94. The Morgan fingerprint density at radius 1 is 1.11 bits per heavy atom. The van der Waals surface area contributed by atoms with E-state index in [-0.39, 0.29) is 12.4 Å². The number of benzene rings is 2. The Labute approximate surface area is 166 Å². The van der Waals surface area contributed by atoms with E-state index >= 15 is 0 Å². The molecule has 8 heteroatoms. The standard InChI is InChI=1S/C19H14ClN5O.ClH/c20-14-4-7-16(8-5-14)25(12-26)18-2-1-9-21-19(18)23-15-6-3-13-11-22-24-17(13)10-15;/h1-12H,(H,21,23)(H,22,24);1H. The van der Waals surface area contributed by atoms with Gasteiger partial charge in [-0.3, -0.25) is 14.8 Å². The van der Waals surface area contributed by atoms with Crippen molar-refractivity contribution >= 4 is 64.2 Å². The number of halogens is 2. The van der Waals surface area contributed by atoms with Crippen LogP contribution < -0.4 is 10.2 Å². The highest BCUT2D eigenvalue weighted by Gasteiger charge is 2.14. The van der Waals surface area contributed by atoms with Crippen molar-refractivity contribution in [2.45, 2.75) is 0 Å². The van der Waals surface area contributed by atoms with E-state index in [4.69, 9.17) is 11.6 Å². The Morgan fingerprint density at radius 3 is 2.70 bits per heavy atom. The fourth-order valence-corrected chi connectivity index (χ4v) is 2.82. The number of rotatable bonds is 5. The van der Waals surface area contributed by atoms with Gasteiger partial charge in [-0.25, -0.2) is 4.98 Å². The molecule has 0 atom stereocenters. The first-order valence-corrected chi connectivity index (χ1v) is 8.28. The summed E-state index contributed by atoms with van der Waals surface area (Å²) in [6.07, 6.45) is 4.19. The average Bonchev–Trinajstić information content (AvgIpc) is 3.13. The van der Waals surface area contributed by atoms with Crippen LogP contribution in [0.4, 0.5) is 22.9 Å². The van der Waals surface area contributed by atoms with E-state index in [2.05, 4.69) is 20.5 Å². The summed E-state index contributed by atoms with van der Waals surface area (Å²) in [5.74, 6) is 0.563. The molecule has 4 aromatic rings.